The highest BCUT2D eigenvalue weighted by Gasteiger charge is 2.49. The number of rotatable bonds is 13. The van der Waals surface area contributed by atoms with Crippen molar-refractivity contribution in [3.8, 4) is 0 Å². The summed E-state index contributed by atoms with van der Waals surface area (Å²) in [6.07, 6.45) is -12.5. The van der Waals surface area contributed by atoms with Crippen molar-refractivity contribution in [1.82, 2.24) is 9.91 Å². The smallest absolute Gasteiger partial charge is 0.345 e. The van der Waals surface area contributed by atoms with E-state index in [0.29, 0.717) is 11.4 Å². The second kappa shape index (κ2) is 16.0. The second-order valence-corrected chi connectivity index (χ2v) is 10.3. The maximum absolute atomic E-state index is 13.2. The number of carbonyl (C=O) groups excluding carboxylic acids is 1. The highest BCUT2D eigenvalue weighted by molar-refractivity contribution is 6.18. The Morgan fingerprint density at radius 1 is 0.854 bits per heavy atom. The predicted molar refractivity (Wildman–Crippen MR) is 141 cm³/mol. The van der Waals surface area contributed by atoms with Gasteiger partial charge in [-0.1, -0.05) is 30.3 Å². The lowest BCUT2D eigenvalue weighted by molar-refractivity contribution is -0.258. The fourth-order valence-corrected chi connectivity index (χ4v) is 5.07. The molecule has 1 aromatic carbocycles. The molecule has 0 saturated carbocycles. The van der Waals surface area contributed by atoms with Crippen molar-refractivity contribution >= 4 is 17.6 Å². The van der Waals surface area contributed by atoms with E-state index in [4.69, 9.17) is 25.8 Å². The van der Waals surface area contributed by atoms with Crippen molar-refractivity contribution < 1.29 is 54.8 Å². The summed E-state index contributed by atoms with van der Waals surface area (Å²) in [7, 11) is 0. The molecule has 0 aromatic heterocycles. The predicted octanol–water partition coefficient (Wildman–Crippen LogP) is -2.21. The monoisotopic (exact) mass is 607 g/mol. The van der Waals surface area contributed by atoms with Gasteiger partial charge in [-0.3, -0.25) is 4.90 Å². The number of amides is 2. The molecule has 7 N–H and O–H groups in total. The third-order valence-corrected chi connectivity index (χ3v) is 7.46. The van der Waals surface area contributed by atoms with Crippen LogP contribution in [0.5, 0.6) is 0 Å². The molecule has 2 amide bonds. The Bertz CT molecular complexity index is 948. The van der Waals surface area contributed by atoms with Crippen LogP contribution in [0.1, 0.15) is 5.56 Å². The van der Waals surface area contributed by atoms with Crippen molar-refractivity contribution in [2.75, 3.05) is 45.4 Å². The second-order valence-electron chi connectivity index (χ2n) is 9.90. The quantitative estimate of drug-likeness (QED) is 0.0720. The lowest BCUT2D eigenvalue weighted by Crippen LogP contribution is -2.64. The average Bonchev–Trinajstić information content (AvgIpc) is 2.99. The molecule has 1 aromatic rings. The number of aliphatic hydroxyl groups is 7. The van der Waals surface area contributed by atoms with Gasteiger partial charge in [-0.05, 0) is 12.0 Å². The van der Waals surface area contributed by atoms with Crippen LogP contribution in [-0.4, -0.2) is 152 Å². The fourth-order valence-electron chi connectivity index (χ4n) is 4.91. The van der Waals surface area contributed by atoms with E-state index in [2.05, 4.69) is 5.29 Å². The van der Waals surface area contributed by atoms with Gasteiger partial charge in [0.2, 0.25) is 0 Å². The van der Waals surface area contributed by atoms with Crippen molar-refractivity contribution in [1.29, 1.82) is 0 Å². The molecule has 41 heavy (non-hydrogen) atoms. The van der Waals surface area contributed by atoms with Crippen molar-refractivity contribution in [2.45, 2.75) is 61.5 Å². The zero-order valence-corrected chi connectivity index (χ0v) is 23.0. The lowest BCUT2D eigenvalue weighted by Gasteiger charge is -2.46. The van der Waals surface area contributed by atoms with Crippen LogP contribution in [0.15, 0.2) is 35.6 Å². The number of benzene rings is 1. The fraction of sp³-hybridized carbons (Fsp3) is 0.720. The van der Waals surface area contributed by atoms with Crippen molar-refractivity contribution in [3.05, 3.63) is 40.8 Å². The molecule has 2 saturated heterocycles. The molecule has 0 bridgehead atoms. The summed E-state index contributed by atoms with van der Waals surface area (Å²) >= 11 is 5.70. The van der Waals surface area contributed by atoms with Gasteiger partial charge >= 0.3 is 6.03 Å². The summed E-state index contributed by atoms with van der Waals surface area (Å²) in [6.45, 7) is -2.14. The van der Waals surface area contributed by atoms with Gasteiger partial charge < -0.3 is 50.0 Å². The Labute approximate surface area is 241 Å². The van der Waals surface area contributed by atoms with Gasteiger partial charge in [-0.2, -0.15) is 5.01 Å². The van der Waals surface area contributed by atoms with Crippen LogP contribution in [-0.2, 0) is 20.6 Å². The number of aliphatic hydroxyl groups excluding tert-OH is 7. The minimum atomic E-state index is -1.69. The maximum atomic E-state index is 13.2. The van der Waals surface area contributed by atoms with E-state index in [0.717, 1.165) is 10.5 Å². The number of urea groups is 1. The van der Waals surface area contributed by atoms with E-state index in [1.54, 1.807) is 12.1 Å². The Balaban J connectivity index is 1.71. The van der Waals surface area contributed by atoms with E-state index < -0.39 is 80.2 Å². The van der Waals surface area contributed by atoms with E-state index in [1.807, 2.05) is 18.2 Å². The van der Waals surface area contributed by atoms with Crippen LogP contribution in [0.3, 0.4) is 0 Å². The molecule has 15 nitrogen and oxygen atoms in total. The summed E-state index contributed by atoms with van der Waals surface area (Å²) in [6, 6.07) is 8.16. The number of hydrogen-bond acceptors (Lipinski definition) is 13. The molecule has 2 aliphatic heterocycles. The molecular formula is C25H38ClN3O12. The molecule has 3 rings (SSSR count). The summed E-state index contributed by atoms with van der Waals surface area (Å²) < 4.78 is 16.8. The van der Waals surface area contributed by atoms with Gasteiger partial charge in [-0.15, -0.1) is 16.5 Å². The van der Waals surface area contributed by atoms with Crippen LogP contribution < -0.4 is 0 Å². The first-order valence-corrected chi connectivity index (χ1v) is 13.7. The van der Waals surface area contributed by atoms with E-state index >= 15 is 0 Å². The third kappa shape index (κ3) is 8.09. The molecule has 0 aliphatic carbocycles. The summed E-state index contributed by atoms with van der Waals surface area (Å²) in [5.74, 6) is -1.10. The summed E-state index contributed by atoms with van der Waals surface area (Å²) in [4.78, 5) is 25.6. The van der Waals surface area contributed by atoms with E-state index in [9.17, 15) is 45.4 Å². The van der Waals surface area contributed by atoms with E-state index in [-0.39, 0.29) is 32.2 Å². The maximum Gasteiger partial charge on any atom is 0.345 e. The zero-order chi connectivity index (χ0) is 30.1. The van der Waals surface area contributed by atoms with Crippen LogP contribution in [0.2, 0.25) is 0 Å². The molecule has 232 valence electrons. The number of ether oxygens (including phenoxy) is 3. The molecular weight excluding hydrogens is 570 g/mol. The number of hydrogen-bond donors (Lipinski definition) is 7. The molecule has 0 radical (unpaired) electrons. The molecule has 0 spiro atoms. The number of halogens is 1. The normalized spacial score (nSPS) is 33.8. The van der Waals surface area contributed by atoms with E-state index in [1.165, 1.54) is 0 Å². The summed E-state index contributed by atoms with van der Waals surface area (Å²) in [5, 5.41) is 74.8. The standard InChI is InChI=1S/C25H38ClN3O12/c26-7-9-29(27-38)25(37)28(8-6-14-4-2-1-3-5-14)24-23(36)19(32)15(16(10-30)41-24)12-39-13-18-21(34)22(35)20(33)17(11-31)40-18/h1-5,15-24,30-36H,6-13H2. The van der Waals surface area contributed by atoms with Gasteiger partial charge in [0.25, 0.3) is 0 Å². The highest BCUT2D eigenvalue weighted by atomic mass is 35.5. The number of carbonyl (C=O) groups is 1. The third-order valence-electron chi connectivity index (χ3n) is 7.29. The minimum Gasteiger partial charge on any atom is -0.394 e. The molecule has 2 heterocycles. The zero-order valence-electron chi connectivity index (χ0n) is 22.2. The largest absolute Gasteiger partial charge is 0.394 e. The van der Waals surface area contributed by atoms with Crippen LogP contribution in [0.25, 0.3) is 0 Å². The Kier molecular flexibility index (Phi) is 13.1. The van der Waals surface area contributed by atoms with Gasteiger partial charge in [0.15, 0.2) is 6.23 Å². The average molecular weight is 608 g/mol. The van der Waals surface area contributed by atoms with Crippen LogP contribution in [0, 0.1) is 10.8 Å². The first kappa shape index (κ1) is 33.5. The molecule has 2 fully saturated rings. The number of nitroso groups, excluding NO2 is 1. The molecule has 10 unspecified atom stereocenters. The van der Waals surface area contributed by atoms with Gasteiger partial charge in [0.1, 0.15) is 36.6 Å². The Morgan fingerprint density at radius 2 is 1.51 bits per heavy atom. The van der Waals surface area contributed by atoms with Crippen LogP contribution >= 0.6 is 11.6 Å². The Hall–Kier alpha value is -2.02. The molecule has 16 heteroatoms. The van der Waals surface area contributed by atoms with Gasteiger partial charge in [-0.25, -0.2) is 4.79 Å². The molecule has 10 atom stereocenters. The first-order chi connectivity index (χ1) is 19.7. The summed E-state index contributed by atoms with van der Waals surface area (Å²) in [5.41, 5.74) is 0.845. The SMILES string of the molecule is O=NN(CCCl)C(=O)N(CCc1ccccc1)C1OC(CO)C(COCC2OC(CO)C(O)C(O)C2O)C(O)C1O. The Morgan fingerprint density at radius 3 is 2.12 bits per heavy atom. The van der Waals surface area contributed by atoms with Gasteiger partial charge in [0.05, 0.1) is 50.5 Å². The number of alkyl halides is 1. The van der Waals surface area contributed by atoms with Gasteiger partial charge in [0, 0.05) is 18.3 Å². The minimum absolute atomic E-state index is 0.0397. The van der Waals surface area contributed by atoms with Crippen LogP contribution in [0.4, 0.5) is 4.79 Å². The first-order valence-electron chi connectivity index (χ1n) is 13.2. The van der Waals surface area contributed by atoms with Crippen molar-refractivity contribution in [3.63, 3.8) is 0 Å². The highest BCUT2D eigenvalue weighted by Crippen LogP contribution is 2.30. The lowest BCUT2D eigenvalue weighted by atomic mass is 9.88. The topological polar surface area (TPSA) is 222 Å². The number of nitrogens with zero attached hydrogens (tertiary/aromatic N) is 3. The van der Waals surface area contributed by atoms with Crippen molar-refractivity contribution in [2.24, 2.45) is 11.2 Å². The molecule has 2 aliphatic rings.